The van der Waals surface area contributed by atoms with Gasteiger partial charge in [0.1, 0.15) is 0 Å². The summed E-state index contributed by atoms with van der Waals surface area (Å²) in [6.45, 7) is 1.99. The molecule has 1 atom stereocenters. The van der Waals surface area contributed by atoms with Crippen LogP contribution in [0.4, 0.5) is 0 Å². The normalized spacial score (nSPS) is 11.6. The van der Waals surface area contributed by atoms with Gasteiger partial charge >= 0.3 is 0 Å². The zero-order chi connectivity index (χ0) is 15.9. The van der Waals surface area contributed by atoms with Crippen molar-refractivity contribution in [3.8, 4) is 11.5 Å². The molecular formula is C18H21NO3. The van der Waals surface area contributed by atoms with E-state index in [9.17, 15) is 4.79 Å². The van der Waals surface area contributed by atoms with Gasteiger partial charge in [0, 0.05) is 11.6 Å². The van der Waals surface area contributed by atoms with Crippen LogP contribution >= 0.6 is 0 Å². The number of carbonyl (C=O) groups excluding carboxylic acids is 1. The fourth-order valence-electron chi connectivity index (χ4n) is 2.30. The number of ether oxygens (including phenoxy) is 2. The Morgan fingerprint density at radius 1 is 1.05 bits per heavy atom. The number of rotatable bonds is 6. The highest BCUT2D eigenvalue weighted by Gasteiger charge is 2.13. The number of methoxy groups -OCH3 is 2. The van der Waals surface area contributed by atoms with Crippen molar-refractivity contribution < 1.29 is 14.3 Å². The van der Waals surface area contributed by atoms with Gasteiger partial charge in [-0.2, -0.15) is 0 Å². The van der Waals surface area contributed by atoms with Crippen LogP contribution in [-0.2, 0) is 6.42 Å². The molecular weight excluding hydrogens is 278 g/mol. The van der Waals surface area contributed by atoms with Crippen molar-refractivity contribution >= 4 is 5.91 Å². The zero-order valence-corrected chi connectivity index (χ0v) is 13.1. The van der Waals surface area contributed by atoms with E-state index in [1.165, 1.54) is 5.56 Å². The van der Waals surface area contributed by atoms with Crippen LogP contribution in [-0.4, -0.2) is 26.2 Å². The zero-order valence-electron chi connectivity index (χ0n) is 13.1. The highest BCUT2D eigenvalue weighted by Crippen LogP contribution is 2.27. The molecule has 0 aliphatic heterocycles. The molecule has 0 radical (unpaired) electrons. The second-order valence-electron chi connectivity index (χ2n) is 5.13. The maximum absolute atomic E-state index is 12.3. The molecule has 1 N–H and O–H groups in total. The average Bonchev–Trinajstić information content (AvgIpc) is 2.54. The lowest BCUT2D eigenvalue weighted by atomic mass is 10.1. The molecule has 0 fully saturated rings. The van der Waals surface area contributed by atoms with Gasteiger partial charge in [-0.05, 0) is 37.1 Å². The second-order valence-corrected chi connectivity index (χ2v) is 5.13. The predicted octanol–water partition coefficient (Wildman–Crippen LogP) is 3.06. The lowest BCUT2D eigenvalue weighted by molar-refractivity contribution is 0.0939. The van der Waals surface area contributed by atoms with Gasteiger partial charge in [-0.1, -0.05) is 30.3 Å². The summed E-state index contributed by atoms with van der Waals surface area (Å²) in [5.41, 5.74) is 1.75. The third-order valence-electron chi connectivity index (χ3n) is 3.41. The molecule has 0 unspecified atom stereocenters. The number of hydrogen-bond donors (Lipinski definition) is 1. The summed E-state index contributed by atoms with van der Waals surface area (Å²) in [5, 5.41) is 3.00. The number of amides is 1. The van der Waals surface area contributed by atoms with Crippen LogP contribution in [0.5, 0.6) is 11.5 Å². The quantitative estimate of drug-likeness (QED) is 0.891. The first-order valence-corrected chi connectivity index (χ1v) is 7.21. The topological polar surface area (TPSA) is 47.6 Å². The van der Waals surface area contributed by atoms with Gasteiger partial charge in [-0.25, -0.2) is 0 Å². The Balaban J connectivity index is 2.02. The summed E-state index contributed by atoms with van der Waals surface area (Å²) in [6, 6.07) is 15.3. The minimum absolute atomic E-state index is 0.0444. The largest absolute Gasteiger partial charge is 0.493 e. The van der Waals surface area contributed by atoms with Crippen LogP contribution in [0.2, 0.25) is 0 Å². The molecule has 0 aromatic heterocycles. The van der Waals surface area contributed by atoms with Crippen LogP contribution in [0.15, 0.2) is 48.5 Å². The molecule has 0 saturated carbocycles. The van der Waals surface area contributed by atoms with E-state index >= 15 is 0 Å². The molecule has 0 bridgehead atoms. The Morgan fingerprint density at radius 2 is 1.73 bits per heavy atom. The maximum atomic E-state index is 12.3. The number of carbonyl (C=O) groups is 1. The van der Waals surface area contributed by atoms with E-state index in [1.807, 2.05) is 25.1 Å². The van der Waals surface area contributed by atoms with Gasteiger partial charge in [0.05, 0.1) is 14.2 Å². The average molecular weight is 299 g/mol. The summed E-state index contributed by atoms with van der Waals surface area (Å²) in [4.78, 5) is 12.3. The van der Waals surface area contributed by atoms with Crippen LogP contribution < -0.4 is 14.8 Å². The first kappa shape index (κ1) is 15.9. The third-order valence-corrected chi connectivity index (χ3v) is 3.41. The van der Waals surface area contributed by atoms with Crippen LogP contribution in [0, 0.1) is 0 Å². The summed E-state index contributed by atoms with van der Waals surface area (Å²) in [6.07, 6.45) is 0.792. The van der Waals surface area contributed by atoms with Crippen LogP contribution in [0.3, 0.4) is 0 Å². The van der Waals surface area contributed by atoms with Crippen molar-refractivity contribution in [3.05, 3.63) is 59.7 Å². The predicted molar refractivity (Wildman–Crippen MR) is 86.6 cm³/mol. The van der Waals surface area contributed by atoms with Gasteiger partial charge < -0.3 is 14.8 Å². The van der Waals surface area contributed by atoms with Gasteiger partial charge in [0.2, 0.25) is 0 Å². The Labute approximate surface area is 131 Å². The van der Waals surface area contributed by atoms with Gasteiger partial charge in [0.15, 0.2) is 11.5 Å². The van der Waals surface area contributed by atoms with Crippen molar-refractivity contribution in [3.63, 3.8) is 0 Å². The molecule has 0 aliphatic rings. The Kier molecular flexibility index (Phi) is 5.42. The SMILES string of the molecule is COc1ccc(C(=O)N[C@@H](C)Cc2ccccc2)cc1OC. The van der Waals surface area contributed by atoms with Gasteiger partial charge in [-0.3, -0.25) is 4.79 Å². The fraction of sp³-hybridized carbons (Fsp3) is 0.278. The van der Waals surface area contributed by atoms with Gasteiger partial charge in [0.25, 0.3) is 5.91 Å². The van der Waals surface area contributed by atoms with Crippen molar-refractivity contribution in [2.75, 3.05) is 14.2 Å². The van der Waals surface area contributed by atoms with E-state index in [4.69, 9.17) is 9.47 Å². The highest BCUT2D eigenvalue weighted by atomic mass is 16.5. The highest BCUT2D eigenvalue weighted by molar-refractivity contribution is 5.95. The van der Waals surface area contributed by atoms with Gasteiger partial charge in [-0.15, -0.1) is 0 Å². The molecule has 4 nitrogen and oxygen atoms in total. The molecule has 0 spiro atoms. The van der Waals surface area contributed by atoms with Crippen LogP contribution in [0.25, 0.3) is 0 Å². The van der Waals surface area contributed by atoms with E-state index < -0.39 is 0 Å². The molecule has 0 aliphatic carbocycles. The first-order valence-electron chi connectivity index (χ1n) is 7.21. The summed E-state index contributed by atoms with van der Waals surface area (Å²) < 4.78 is 10.4. The summed E-state index contributed by atoms with van der Waals surface area (Å²) in [7, 11) is 3.12. The molecule has 0 saturated heterocycles. The molecule has 2 aromatic carbocycles. The van der Waals surface area contributed by atoms with Crippen molar-refractivity contribution in [2.45, 2.75) is 19.4 Å². The fourth-order valence-corrected chi connectivity index (χ4v) is 2.30. The van der Waals surface area contributed by atoms with Crippen molar-refractivity contribution in [1.82, 2.24) is 5.32 Å². The molecule has 1 amide bonds. The second kappa shape index (κ2) is 7.50. The summed E-state index contributed by atoms with van der Waals surface area (Å²) in [5.74, 6) is 1.03. The molecule has 2 rings (SSSR count). The molecule has 22 heavy (non-hydrogen) atoms. The minimum atomic E-state index is -0.121. The monoisotopic (exact) mass is 299 g/mol. The standard InChI is InChI=1S/C18H21NO3/c1-13(11-14-7-5-4-6-8-14)19-18(20)15-9-10-16(21-2)17(12-15)22-3/h4-10,12-13H,11H2,1-3H3,(H,19,20)/t13-/m0/s1. The maximum Gasteiger partial charge on any atom is 0.251 e. The molecule has 4 heteroatoms. The van der Waals surface area contributed by atoms with E-state index in [0.29, 0.717) is 17.1 Å². The van der Waals surface area contributed by atoms with E-state index in [2.05, 4.69) is 17.4 Å². The Bertz CT molecular complexity index is 625. The van der Waals surface area contributed by atoms with E-state index in [1.54, 1.807) is 32.4 Å². The smallest absolute Gasteiger partial charge is 0.251 e. The summed E-state index contributed by atoms with van der Waals surface area (Å²) >= 11 is 0. The third kappa shape index (κ3) is 4.01. The van der Waals surface area contributed by atoms with E-state index in [0.717, 1.165) is 6.42 Å². The Hall–Kier alpha value is -2.49. The lowest BCUT2D eigenvalue weighted by Crippen LogP contribution is -2.34. The van der Waals surface area contributed by atoms with E-state index in [-0.39, 0.29) is 11.9 Å². The molecule has 116 valence electrons. The van der Waals surface area contributed by atoms with Crippen molar-refractivity contribution in [2.24, 2.45) is 0 Å². The molecule has 0 heterocycles. The molecule has 2 aromatic rings. The minimum Gasteiger partial charge on any atom is -0.493 e. The van der Waals surface area contributed by atoms with Crippen LogP contribution in [0.1, 0.15) is 22.8 Å². The first-order chi connectivity index (χ1) is 10.6. The Morgan fingerprint density at radius 3 is 2.36 bits per heavy atom. The van der Waals surface area contributed by atoms with Crippen molar-refractivity contribution in [1.29, 1.82) is 0 Å². The lowest BCUT2D eigenvalue weighted by Gasteiger charge is -2.15. The number of hydrogen-bond acceptors (Lipinski definition) is 3. The number of benzene rings is 2. The number of nitrogens with one attached hydrogen (secondary N) is 1.